The predicted octanol–water partition coefficient (Wildman–Crippen LogP) is 3.00. The molecule has 1 aromatic rings. The van der Waals surface area contributed by atoms with Crippen molar-refractivity contribution >= 4 is 5.97 Å². The van der Waals surface area contributed by atoms with Gasteiger partial charge in [0, 0.05) is 6.04 Å². The second-order valence-corrected chi connectivity index (χ2v) is 5.69. The number of hydrogen-bond donors (Lipinski definition) is 1. The van der Waals surface area contributed by atoms with Gasteiger partial charge < -0.3 is 14.8 Å². The summed E-state index contributed by atoms with van der Waals surface area (Å²) in [7, 11) is 0. The Hall–Kier alpha value is -1.55. The Morgan fingerprint density at radius 2 is 2.24 bits per heavy atom. The Morgan fingerprint density at radius 1 is 1.43 bits per heavy atom. The third-order valence-electron chi connectivity index (χ3n) is 3.60. The Bertz CT molecular complexity index is 485. The minimum absolute atomic E-state index is 0.0341. The molecule has 0 aromatic heterocycles. The molecule has 21 heavy (non-hydrogen) atoms. The van der Waals surface area contributed by atoms with E-state index in [4.69, 9.17) is 9.47 Å². The van der Waals surface area contributed by atoms with Gasteiger partial charge in [-0.25, -0.2) is 4.79 Å². The van der Waals surface area contributed by atoms with Crippen LogP contribution in [0.4, 0.5) is 0 Å². The monoisotopic (exact) mass is 291 g/mol. The van der Waals surface area contributed by atoms with Crippen LogP contribution in [0.5, 0.6) is 5.75 Å². The van der Waals surface area contributed by atoms with Crippen molar-refractivity contribution in [2.75, 3.05) is 13.2 Å². The first-order valence-corrected chi connectivity index (χ1v) is 7.78. The SMILES string of the molecule is CCNC1CCCc2cc(OCC(=O)OC(C)C)ccc21. The molecule has 0 amide bonds. The first-order valence-electron chi connectivity index (χ1n) is 7.78. The highest BCUT2D eigenvalue weighted by atomic mass is 16.6. The molecule has 4 heteroatoms. The Morgan fingerprint density at radius 3 is 2.95 bits per heavy atom. The summed E-state index contributed by atoms with van der Waals surface area (Å²) in [6.07, 6.45) is 3.33. The third kappa shape index (κ3) is 4.46. The highest BCUT2D eigenvalue weighted by Gasteiger charge is 2.19. The lowest BCUT2D eigenvalue weighted by atomic mass is 9.87. The van der Waals surface area contributed by atoms with Crippen molar-refractivity contribution in [3.8, 4) is 5.75 Å². The fourth-order valence-electron chi connectivity index (χ4n) is 2.78. The van der Waals surface area contributed by atoms with E-state index in [1.54, 1.807) is 0 Å². The number of nitrogens with one attached hydrogen (secondary N) is 1. The number of carbonyl (C=O) groups is 1. The van der Waals surface area contributed by atoms with Crippen molar-refractivity contribution in [2.24, 2.45) is 0 Å². The smallest absolute Gasteiger partial charge is 0.344 e. The lowest BCUT2D eigenvalue weighted by molar-refractivity contribution is -0.149. The molecule has 1 unspecified atom stereocenters. The van der Waals surface area contributed by atoms with E-state index in [1.165, 1.54) is 24.0 Å². The van der Waals surface area contributed by atoms with Crippen LogP contribution in [-0.2, 0) is 16.0 Å². The van der Waals surface area contributed by atoms with Crippen LogP contribution >= 0.6 is 0 Å². The summed E-state index contributed by atoms with van der Waals surface area (Å²) in [4.78, 5) is 11.5. The molecule has 0 saturated carbocycles. The third-order valence-corrected chi connectivity index (χ3v) is 3.60. The maximum absolute atomic E-state index is 11.5. The van der Waals surface area contributed by atoms with E-state index in [0.717, 1.165) is 18.7 Å². The molecular formula is C17H25NO3. The molecule has 1 atom stereocenters. The number of hydrogen-bond acceptors (Lipinski definition) is 4. The summed E-state index contributed by atoms with van der Waals surface area (Å²) in [5.74, 6) is 0.417. The lowest BCUT2D eigenvalue weighted by Gasteiger charge is -2.26. The van der Waals surface area contributed by atoms with Crippen LogP contribution in [-0.4, -0.2) is 25.2 Å². The highest BCUT2D eigenvalue weighted by molar-refractivity contribution is 5.71. The molecule has 2 rings (SSSR count). The van der Waals surface area contributed by atoms with Gasteiger partial charge in [0.15, 0.2) is 6.61 Å². The number of aryl methyl sites for hydroxylation is 1. The molecule has 1 aliphatic rings. The number of carbonyl (C=O) groups excluding carboxylic acids is 1. The Kier molecular flexibility index (Phi) is 5.62. The van der Waals surface area contributed by atoms with Crippen molar-refractivity contribution in [3.05, 3.63) is 29.3 Å². The number of esters is 1. The van der Waals surface area contributed by atoms with Gasteiger partial charge in [-0.3, -0.25) is 0 Å². The van der Waals surface area contributed by atoms with E-state index in [0.29, 0.717) is 6.04 Å². The summed E-state index contributed by atoms with van der Waals surface area (Å²) in [6.45, 7) is 6.73. The number of rotatable bonds is 6. The van der Waals surface area contributed by atoms with Gasteiger partial charge in [0.05, 0.1) is 6.10 Å². The Balaban J connectivity index is 1.99. The van der Waals surface area contributed by atoms with Gasteiger partial charge in [-0.05, 0) is 62.9 Å². The van der Waals surface area contributed by atoms with Gasteiger partial charge in [-0.15, -0.1) is 0 Å². The van der Waals surface area contributed by atoms with E-state index in [-0.39, 0.29) is 18.7 Å². The fraction of sp³-hybridized carbons (Fsp3) is 0.588. The first-order chi connectivity index (χ1) is 10.1. The fourth-order valence-corrected chi connectivity index (χ4v) is 2.78. The first kappa shape index (κ1) is 15.8. The molecule has 4 nitrogen and oxygen atoms in total. The average Bonchev–Trinajstić information content (AvgIpc) is 2.45. The predicted molar refractivity (Wildman–Crippen MR) is 82.5 cm³/mol. The van der Waals surface area contributed by atoms with Gasteiger partial charge in [-0.2, -0.15) is 0 Å². The van der Waals surface area contributed by atoms with Gasteiger partial charge in [0.25, 0.3) is 0 Å². The molecule has 116 valence electrons. The molecule has 0 saturated heterocycles. The molecule has 0 fully saturated rings. The zero-order valence-corrected chi connectivity index (χ0v) is 13.1. The van der Waals surface area contributed by atoms with E-state index in [9.17, 15) is 4.79 Å². The van der Waals surface area contributed by atoms with Crippen LogP contribution in [0.2, 0.25) is 0 Å². The minimum Gasteiger partial charge on any atom is -0.482 e. The van der Waals surface area contributed by atoms with Crippen LogP contribution in [0.1, 0.15) is 50.8 Å². The molecule has 0 aliphatic heterocycles. The quantitative estimate of drug-likeness (QED) is 0.819. The van der Waals surface area contributed by atoms with E-state index < -0.39 is 0 Å². The van der Waals surface area contributed by atoms with Crippen molar-refractivity contribution < 1.29 is 14.3 Å². The van der Waals surface area contributed by atoms with Crippen molar-refractivity contribution in [2.45, 2.75) is 52.2 Å². The van der Waals surface area contributed by atoms with Crippen LogP contribution < -0.4 is 10.1 Å². The highest BCUT2D eigenvalue weighted by Crippen LogP contribution is 2.32. The standard InChI is InChI=1S/C17H25NO3/c1-4-18-16-7-5-6-13-10-14(8-9-15(13)16)20-11-17(19)21-12(2)3/h8-10,12,16,18H,4-7,11H2,1-3H3. The molecule has 0 heterocycles. The minimum atomic E-state index is -0.326. The number of ether oxygens (including phenoxy) is 2. The molecule has 0 spiro atoms. The van der Waals surface area contributed by atoms with Crippen molar-refractivity contribution in [3.63, 3.8) is 0 Å². The second kappa shape index (κ2) is 7.46. The summed E-state index contributed by atoms with van der Waals surface area (Å²) in [6, 6.07) is 6.56. The topological polar surface area (TPSA) is 47.6 Å². The van der Waals surface area contributed by atoms with Gasteiger partial charge in [0.1, 0.15) is 5.75 Å². The lowest BCUT2D eigenvalue weighted by Crippen LogP contribution is -2.25. The molecule has 1 N–H and O–H groups in total. The van der Waals surface area contributed by atoms with Crippen molar-refractivity contribution in [1.82, 2.24) is 5.32 Å². The molecule has 0 bridgehead atoms. The van der Waals surface area contributed by atoms with Crippen LogP contribution in [0.3, 0.4) is 0 Å². The van der Waals surface area contributed by atoms with E-state index in [1.807, 2.05) is 19.9 Å². The number of fused-ring (bicyclic) bond motifs is 1. The van der Waals surface area contributed by atoms with Crippen molar-refractivity contribution in [1.29, 1.82) is 0 Å². The van der Waals surface area contributed by atoms with Gasteiger partial charge >= 0.3 is 5.97 Å². The van der Waals surface area contributed by atoms with Crippen LogP contribution in [0, 0.1) is 0 Å². The van der Waals surface area contributed by atoms with Gasteiger partial charge in [-0.1, -0.05) is 13.0 Å². The summed E-state index contributed by atoms with van der Waals surface area (Å²) in [5.41, 5.74) is 2.68. The maximum Gasteiger partial charge on any atom is 0.344 e. The molecule has 1 aliphatic carbocycles. The molecule has 0 radical (unpaired) electrons. The largest absolute Gasteiger partial charge is 0.482 e. The second-order valence-electron chi connectivity index (χ2n) is 5.69. The Labute approximate surface area is 126 Å². The van der Waals surface area contributed by atoms with E-state index in [2.05, 4.69) is 24.4 Å². The molecular weight excluding hydrogens is 266 g/mol. The average molecular weight is 291 g/mol. The van der Waals surface area contributed by atoms with Crippen LogP contribution in [0.25, 0.3) is 0 Å². The zero-order valence-electron chi connectivity index (χ0n) is 13.1. The summed E-state index contributed by atoms with van der Waals surface area (Å²) in [5, 5.41) is 3.52. The molecule has 1 aromatic carbocycles. The van der Waals surface area contributed by atoms with Gasteiger partial charge in [0.2, 0.25) is 0 Å². The summed E-state index contributed by atoms with van der Waals surface area (Å²) >= 11 is 0. The maximum atomic E-state index is 11.5. The normalized spacial score (nSPS) is 17.4. The zero-order chi connectivity index (χ0) is 15.2. The number of benzene rings is 1. The van der Waals surface area contributed by atoms with E-state index >= 15 is 0 Å². The van der Waals surface area contributed by atoms with Crippen LogP contribution in [0.15, 0.2) is 18.2 Å². The summed E-state index contributed by atoms with van der Waals surface area (Å²) < 4.78 is 10.6.